The van der Waals surface area contributed by atoms with E-state index in [1.165, 1.54) is 18.4 Å². The zero-order valence-corrected chi connectivity index (χ0v) is 11.7. The Kier molecular flexibility index (Phi) is 4.59. The highest BCUT2D eigenvalue weighted by Crippen LogP contribution is 2.19. The smallest absolute Gasteiger partial charge is 0.128 e. The van der Waals surface area contributed by atoms with Crippen LogP contribution in [0.5, 0.6) is 0 Å². The summed E-state index contributed by atoms with van der Waals surface area (Å²) in [6.07, 6.45) is 5.98. The number of hydrogen-bond acceptors (Lipinski definition) is 3. The first-order chi connectivity index (χ1) is 8.66. The highest BCUT2D eigenvalue weighted by molar-refractivity contribution is 5.38. The molecule has 3 nitrogen and oxygen atoms in total. The molecular formula is C15H24N2O. The van der Waals surface area contributed by atoms with Crippen molar-refractivity contribution in [3.63, 3.8) is 0 Å². The second-order valence-electron chi connectivity index (χ2n) is 5.45. The maximum atomic E-state index is 5.64. The van der Waals surface area contributed by atoms with Gasteiger partial charge in [0.05, 0.1) is 6.10 Å². The molecule has 1 aromatic heterocycles. The SMILES string of the molecule is CC(C)c1ccc(N(C)CCC2CCCO2)nc1. The molecule has 0 N–H and O–H groups in total. The number of ether oxygens (including phenoxy) is 1. The summed E-state index contributed by atoms with van der Waals surface area (Å²) in [5.41, 5.74) is 1.30. The van der Waals surface area contributed by atoms with Gasteiger partial charge in [0.25, 0.3) is 0 Å². The highest BCUT2D eigenvalue weighted by Gasteiger charge is 2.16. The fraction of sp³-hybridized carbons (Fsp3) is 0.667. The maximum absolute atomic E-state index is 5.64. The molecule has 0 radical (unpaired) electrons. The van der Waals surface area contributed by atoms with E-state index >= 15 is 0 Å². The Labute approximate surface area is 110 Å². The van der Waals surface area contributed by atoms with Crippen LogP contribution in [0.3, 0.4) is 0 Å². The van der Waals surface area contributed by atoms with Gasteiger partial charge in [-0.1, -0.05) is 19.9 Å². The Morgan fingerprint density at radius 1 is 1.44 bits per heavy atom. The minimum absolute atomic E-state index is 0.461. The van der Waals surface area contributed by atoms with Crippen molar-refractivity contribution in [2.45, 2.75) is 45.1 Å². The van der Waals surface area contributed by atoms with Gasteiger partial charge in [0.15, 0.2) is 0 Å². The molecule has 2 rings (SSSR count). The average Bonchev–Trinajstić information content (AvgIpc) is 2.89. The van der Waals surface area contributed by atoms with Crippen LogP contribution in [0, 0.1) is 0 Å². The third-order valence-electron chi connectivity index (χ3n) is 3.64. The van der Waals surface area contributed by atoms with Crippen molar-refractivity contribution in [3.05, 3.63) is 23.9 Å². The summed E-state index contributed by atoms with van der Waals surface area (Å²) in [6, 6.07) is 4.29. The van der Waals surface area contributed by atoms with Crippen molar-refractivity contribution in [1.29, 1.82) is 0 Å². The lowest BCUT2D eigenvalue weighted by Crippen LogP contribution is -2.23. The summed E-state index contributed by atoms with van der Waals surface area (Å²) < 4.78 is 5.64. The number of hydrogen-bond donors (Lipinski definition) is 0. The summed E-state index contributed by atoms with van der Waals surface area (Å²) >= 11 is 0. The van der Waals surface area contributed by atoms with Gasteiger partial charge >= 0.3 is 0 Å². The second-order valence-corrected chi connectivity index (χ2v) is 5.45. The van der Waals surface area contributed by atoms with Gasteiger partial charge in [-0.05, 0) is 36.8 Å². The molecule has 100 valence electrons. The van der Waals surface area contributed by atoms with E-state index in [0.29, 0.717) is 12.0 Å². The predicted octanol–water partition coefficient (Wildman–Crippen LogP) is 3.21. The van der Waals surface area contributed by atoms with Crippen LogP contribution in [0.15, 0.2) is 18.3 Å². The molecule has 0 aliphatic carbocycles. The van der Waals surface area contributed by atoms with E-state index in [-0.39, 0.29) is 0 Å². The molecule has 1 aliphatic rings. The molecule has 1 aliphatic heterocycles. The first-order valence-electron chi connectivity index (χ1n) is 6.95. The molecule has 2 heterocycles. The normalized spacial score (nSPS) is 19.4. The van der Waals surface area contributed by atoms with Crippen molar-refractivity contribution in [3.8, 4) is 0 Å². The molecular weight excluding hydrogens is 224 g/mol. The largest absolute Gasteiger partial charge is 0.378 e. The summed E-state index contributed by atoms with van der Waals surface area (Å²) in [4.78, 5) is 6.74. The van der Waals surface area contributed by atoms with Crippen molar-refractivity contribution < 1.29 is 4.74 Å². The van der Waals surface area contributed by atoms with E-state index in [1.54, 1.807) is 0 Å². The molecule has 0 spiro atoms. The molecule has 0 saturated carbocycles. The van der Waals surface area contributed by atoms with Crippen molar-refractivity contribution in [2.75, 3.05) is 25.1 Å². The molecule has 1 fully saturated rings. The molecule has 1 saturated heterocycles. The lowest BCUT2D eigenvalue weighted by Gasteiger charge is -2.20. The minimum atomic E-state index is 0.461. The Morgan fingerprint density at radius 3 is 2.83 bits per heavy atom. The summed E-state index contributed by atoms with van der Waals surface area (Å²) in [5.74, 6) is 1.60. The predicted molar refractivity (Wildman–Crippen MR) is 75.2 cm³/mol. The van der Waals surface area contributed by atoms with E-state index < -0.39 is 0 Å². The van der Waals surface area contributed by atoms with Gasteiger partial charge in [0.1, 0.15) is 5.82 Å². The lowest BCUT2D eigenvalue weighted by atomic mass is 10.1. The second kappa shape index (κ2) is 6.19. The fourth-order valence-corrected chi connectivity index (χ4v) is 2.29. The van der Waals surface area contributed by atoms with Gasteiger partial charge in [-0.3, -0.25) is 0 Å². The van der Waals surface area contributed by atoms with Gasteiger partial charge in [-0.25, -0.2) is 4.98 Å². The third kappa shape index (κ3) is 3.45. The van der Waals surface area contributed by atoms with Crippen molar-refractivity contribution in [2.24, 2.45) is 0 Å². The van der Waals surface area contributed by atoms with E-state index in [0.717, 1.165) is 25.4 Å². The zero-order chi connectivity index (χ0) is 13.0. The Hall–Kier alpha value is -1.09. The fourth-order valence-electron chi connectivity index (χ4n) is 2.29. The van der Waals surface area contributed by atoms with E-state index in [1.807, 2.05) is 6.20 Å². The number of aromatic nitrogens is 1. The molecule has 0 bridgehead atoms. The molecule has 1 unspecified atom stereocenters. The van der Waals surface area contributed by atoms with Gasteiger partial charge in [0.2, 0.25) is 0 Å². The Balaban J connectivity index is 1.85. The van der Waals surface area contributed by atoms with Crippen LogP contribution in [0.2, 0.25) is 0 Å². The first-order valence-corrected chi connectivity index (χ1v) is 6.95. The summed E-state index contributed by atoms with van der Waals surface area (Å²) in [5, 5.41) is 0. The average molecular weight is 248 g/mol. The minimum Gasteiger partial charge on any atom is -0.378 e. The number of nitrogens with zero attached hydrogens (tertiary/aromatic N) is 2. The molecule has 18 heavy (non-hydrogen) atoms. The third-order valence-corrected chi connectivity index (χ3v) is 3.64. The van der Waals surface area contributed by atoms with Gasteiger partial charge in [-0.15, -0.1) is 0 Å². The van der Waals surface area contributed by atoms with E-state index in [2.05, 4.69) is 42.9 Å². The van der Waals surface area contributed by atoms with Crippen LogP contribution in [0.25, 0.3) is 0 Å². The van der Waals surface area contributed by atoms with Crippen LogP contribution in [-0.4, -0.2) is 31.3 Å². The zero-order valence-electron chi connectivity index (χ0n) is 11.7. The number of rotatable bonds is 5. The number of anilines is 1. The van der Waals surface area contributed by atoms with Gasteiger partial charge in [-0.2, -0.15) is 0 Å². The number of pyridine rings is 1. The highest BCUT2D eigenvalue weighted by atomic mass is 16.5. The molecule has 1 atom stereocenters. The molecule has 1 aromatic rings. The summed E-state index contributed by atoms with van der Waals surface area (Å²) in [6.45, 7) is 6.34. The maximum Gasteiger partial charge on any atom is 0.128 e. The summed E-state index contributed by atoms with van der Waals surface area (Å²) in [7, 11) is 2.10. The van der Waals surface area contributed by atoms with Crippen molar-refractivity contribution >= 4 is 5.82 Å². The van der Waals surface area contributed by atoms with Crippen LogP contribution < -0.4 is 4.90 Å². The lowest BCUT2D eigenvalue weighted by molar-refractivity contribution is 0.106. The Bertz CT molecular complexity index is 355. The van der Waals surface area contributed by atoms with E-state index in [4.69, 9.17) is 4.74 Å². The molecule has 3 heteroatoms. The monoisotopic (exact) mass is 248 g/mol. The van der Waals surface area contributed by atoms with Gasteiger partial charge < -0.3 is 9.64 Å². The van der Waals surface area contributed by atoms with Crippen LogP contribution in [0.1, 0.15) is 44.6 Å². The standard InChI is InChI=1S/C15H24N2O/c1-12(2)13-6-7-15(16-11-13)17(3)9-8-14-5-4-10-18-14/h6-7,11-12,14H,4-5,8-10H2,1-3H3. The quantitative estimate of drug-likeness (QED) is 0.800. The van der Waals surface area contributed by atoms with Gasteiger partial charge in [0, 0.05) is 26.4 Å². The van der Waals surface area contributed by atoms with Crippen LogP contribution >= 0.6 is 0 Å². The van der Waals surface area contributed by atoms with Crippen LogP contribution in [0.4, 0.5) is 5.82 Å². The molecule has 0 aromatic carbocycles. The first kappa shape index (κ1) is 13.3. The van der Waals surface area contributed by atoms with E-state index in [9.17, 15) is 0 Å². The Morgan fingerprint density at radius 2 is 2.28 bits per heavy atom. The van der Waals surface area contributed by atoms with Crippen molar-refractivity contribution in [1.82, 2.24) is 4.98 Å². The van der Waals surface area contributed by atoms with Crippen LogP contribution in [-0.2, 0) is 4.74 Å². The topological polar surface area (TPSA) is 25.4 Å². The molecule has 0 amide bonds.